The molecule has 0 aromatic heterocycles. The van der Waals surface area contributed by atoms with E-state index in [2.05, 4.69) is 46.5 Å². The maximum absolute atomic E-state index is 13.3. The Morgan fingerprint density at radius 3 is 1.19 bits per heavy atom. The summed E-state index contributed by atoms with van der Waals surface area (Å²) in [6.45, 7) is -5.32. The van der Waals surface area contributed by atoms with Crippen LogP contribution >= 0.6 is 0 Å². The van der Waals surface area contributed by atoms with Crippen molar-refractivity contribution in [3.05, 3.63) is 0 Å². The number of hydrogen-bond acceptors (Lipinski definition) is 39. The van der Waals surface area contributed by atoms with Crippen LogP contribution in [0, 0.1) is 0 Å². The zero-order valence-corrected chi connectivity index (χ0v) is 50.1. The molecule has 5 fully saturated rings. The van der Waals surface area contributed by atoms with E-state index in [9.17, 15) is 124 Å². The number of aliphatic hydroxyl groups excluding tert-OH is 6. The first-order chi connectivity index (χ1) is 45.2. The summed E-state index contributed by atoms with van der Waals surface area (Å²) in [6.07, 6.45) is -65.4. The van der Waals surface area contributed by atoms with Gasteiger partial charge in [0.25, 0.3) is 0 Å². The summed E-state index contributed by atoms with van der Waals surface area (Å²) in [4.78, 5) is 26.4. The number of nitrogens with one attached hydrogen (secondary N) is 3. The summed E-state index contributed by atoms with van der Waals surface area (Å²) in [7, 11) is -47.7. The molecule has 91 heavy (non-hydrogen) atoms. The number of ether oxygens (including phenoxy) is 10. The van der Waals surface area contributed by atoms with Gasteiger partial charge in [-0.1, -0.05) is 0 Å². The van der Waals surface area contributed by atoms with Crippen molar-refractivity contribution in [1.29, 1.82) is 7.16 Å². The number of carbonyl (C=O) groups is 2. The fourth-order valence-corrected chi connectivity index (χ4v) is 12.2. The molecule has 534 valence electrons. The lowest BCUT2D eigenvalue weighted by atomic mass is 9.94. The predicted octanol–water partition coefficient (Wildman–Crippen LogP) is -13.8. The zero-order valence-electron chi connectivity index (χ0n) is 51.6. The predicted molar refractivity (Wildman–Crippen MR) is 262 cm³/mol. The van der Waals surface area contributed by atoms with Crippen molar-refractivity contribution in [2.45, 2.75) is 153 Å². The minimum absolute atomic E-state index is 0.665. The van der Waals surface area contributed by atoms with Gasteiger partial charge in [0, 0.05) is 7.11 Å². The second-order valence-electron chi connectivity index (χ2n) is 18.4. The van der Waals surface area contributed by atoms with Crippen LogP contribution in [0.3, 0.4) is 0 Å². The topological polar surface area (TPSA) is 805 Å². The van der Waals surface area contributed by atoms with Gasteiger partial charge in [-0.05, 0) is 0 Å². The first-order valence-electron chi connectivity index (χ1n) is 26.7. The highest BCUT2D eigenvalue weighted by Gasteiger charge is 2.61. The molecule has 0 radical (unpaired) electrons. The van der Waals surface area contributed by atoms with Gasteiger partial charge < -0.3 is 88.2 Å². The largest absolute Gasteiger partial charge is 0.479 e. The second-order valence-corrected chi connectivity index (χ2v) is 27.0. The van der Waals surface area contributed by atoms with Crippen molar-refractivity contribution in [3.8, 4) is 0 Å². The number of aliphatic carboxylic acids is 2. The van der Waals surface area contributed by atoms with Crippen molar-refractivity contribution in [1.82, 2.24) is 14.1 Å². The van der Waals surface area contributed by atoms with Crippen molar-refractivity contribution in [2.75, 3.05) is 26.9 Å². The summed E-state index contributed by atoms with van der Waals surface area (Å²) in [5, 5.41) is 54.4. The second kappa shape index (κ2) is 29.9. The molecule has 0 aromatic rings. The van der Waals surface area contributed by atoms with Crippen molar-refractivity contribution in [3.63, 3.8) is 0 Å². The Morgan fingerprint density at radius 1 is 0.396 bits per heavy atom. The van der Waals surface area contributed by atoms with Crippen LogP contribution < -0.4 is 14.1 Å². The van der Waals surface area contributed by atoms with E-state index in [1.807, 2.05) is 0 Å². The Kier molecular flexibility index (Phi) is 22.0. The van der Waals surface area contributed by atoms with E-state index in [-0.39, 0.29) is 0 Å². The number of carboxylic acid groups (broad SMARTS) is 2. The molecule has 60 heteroatoms. The first kappa shape index (κ1) is 66.9. The van der Waals surface area contributed by atoms with Gasteiger partial charge in [-0.3, -0.25) is 36.4 Å². The molecule has 5 saturated heterocycles. The average molecular weight is 1520 g/mol. The molecule has 0 spiro atoms. The molecule has 0 saturated carbocycles. The molecule has 0 bridgehead atoms. The van der Waals surface area contributed by atoms with Gasteiger partial charge in [0.2, 0.25) is 7.16 Å². The Labute approximate surface area is 521 Å². The van der Waals surface area contributed by atoms with E-state index in [4.69, 9.17) is 63.3 Å². The average Bonchev–Trinajstić information content (AvgIpc) is 0.754. The smallest absolute Gasteiger partial charge is 0.397 e. The van der Waals surface area contributed by atoms with Crippen LogP contribution in [0.1, 0.15) is 0 Å². The third-order valence-electron chi connectivity index (χ3n) is 12.1. The third-order valence-corrected chi connectivity index (χ3v) is 15.9. The SMILES string of the molecule is [2H]OC1[C@@H](O[2H])[C@H](O[C@H]2[C@H](OS(=O)(=O)O)[C@@H](N([2H])S(=O)(=O)O)C(O[C@H]3[C@H](O[2H])[C@@H](OS(=O)(=O)O)[C@H](O[C@H]4C(O[2H])[C@@H](N([2H])S(=O)(=O)O)C(OC)O[C@@H]4COS(=O)(=O)O)O[C@H]3C(=O)O)O[C@@H]2COS(=O)(=O)O)O[C@H](C(=O)O)[C@H]1OC1O[C@H](COS(=O)(=O)O)[C@@H](O[2H])[C@H](O)[C@H]1N([2H])S(=O)(=O)O. The van der Waals surface area contributed by atoms with Crippen LogP contribution in [-0.2, 0) is 161 Å². The lowest BCUT2D eigenvalue weighted by molar-refractivity contribution is -0.373. The summed E-state index contributed by atoms with van der Waals surface area (Å²) >= 11 is 0. The number of carboxylic acids is 2. The minimum atomic E-state index is -6.54. The summed E-state index contributed by atoms with van der Waals surface area (Å²) in [6, 6.07) is -9.10. The number of methoxy groups -OCH3 is 1. The molecule has 5 unspecified atom stereocenters. The van der Waals surface area contributed by atoms with Crippen LogP contribution in [0.5, 0.6) is 0 Å². The molecular formula is C31H53N3O49S8. The van der Waals surface area contributed by atoms with E-state index in [1.165, 1.54) is 0 Å². The van der Waals surface area contributed by atoms with E-state index in [0.29, 0.717) is 7.11 Å². The summed E-state index contributed by atoms with van der Waals surface area (Å²) in [5.41, 5.74) is 0. The van der Waals surface area contributed by atoms with Crippen LogP contribution in [-0.4, -0.2) is 344 Å². The fourth-order valence-electron chi connectivity index (χ4n) is 8.75. The highest BCUT2D eigenvalue weighted by atomic mass is 32.3. The lowest BCUT2D eigenvalue weighted by Crippen LogP contribution is -2.71. The minimum Gasteiger partial charge on any atom is -0.479 e. The lowest BCUT2D eigenvalue weighted by Gasteiger charge is -2.50. The number of rotatable bonds is 35. The maximum atomic E-state index is 13.3. The van der Waals surface area contributed by atoms with Crippen LogP contribution in [0.4, 0.5) is 0 Å². The molecule has 5 aliphatic rings. The molecule has 5 heterocycles. The molecule has 0 aliphatic carbocycles. The Hall–Kier alpha value is -2.74. The van der Waals surface area contributed by atoms with Crippen molar-refractivity contribution in [2.24, 2.45) is 0 Å². The monoisotopic (exact) mass is 1520 g/mol. The molecular weight excluding hydrogens is 1450 g/mol. The van der Waals surface area contributed by atoms with Gasteiger partial charge in [-0.2, -0.15) is 81.5 Å². The zero-order chi connectivity index (χ0) is 75.6. The Bertz CT molecular complexity index is 3740. The molecule has 5 rings (SSSR count). The van der Waals surface area contributed by atoms with Crippen LogP contribution in [0.2, 0.25) is 4.24 Å². The Morgan fingerprint density at radius 2 is 0.758 bits per heavy atom. The normalized spacial score (nSPS) is 40.0. The molecule has 52 nitrogen and oxygen atoms in total. The van der Waals surface area contributed by atoms with Gasteiger partial charge in [0.05, 0.1) is 19.8 Å². The van der Waals surface area contributed by atoms with Gasteiger partial charge in [-0.15, -0.1) is 0 Å². The number of aliphatic hydroxyl groups is 6. The number of hydrogen-bond donors (Lipinski definition) is 19. The summed E-state index contributed by atoms with van der Waals surface area (Å²) in [5.74, 6) is -5.06. The van der Waals surface area contributed by atoms with Crippen molar-refractivity contribution >= 4 is 94.8 Å². The van der Waals surface area contributed by atoms with E-state index in [0.717, 1.165) is 0 Å². The van der Waals surface area contributed by atoms with Gasteiger partial charge in [0.15, 0.2) is 49.8 Å². The highest BCUT2D eigenvalue weighted by Crippen LogP contribution is 2.39. The van der Waals surface area contributed by atoms with Gasteiger partial charge in [0.1, 0.15) is 108 Å². The maximum Gasteiger partial charge on any atom is 0.397 e. The molecule has 19 N–H and O–H groups in total. The third kappa shape index (κ3) is 22.9. The van der Waals surface area contributed by atoms with Crippen LogP contribution in [0.15, 0.2) is 0 Å². The molecule has 0 amide bonds. The molecule has 0 aromatic carbocycles. The quantitative estimate of drug-likeness (QED) is 0.0262. The van der Waals surface area contributed by atoms with E-state index in [1.54, 1.807) is 0 Å². The molecule has 5 aliphatic heterocycles. The van der Waals surface area contributed by atoms with Crippen molar-refractivity contribution < 1.29 is 227 Å². The summed E-state index contributed by atoms with van der Waals surface area (Å²) < 4.78 is 410. The van der Waals surface area contributed by atoms with E-state index >= 15 is 0 Å². The van der Waals surface area contributed by atoms with Gasteiger partial charge >= 0.3 is 94.8 Å². The molecule has 25 atom stereocenters. The Balaban J connectivity index is 1.70. The first-order valence-corrected chi connectivity index (χ1v) is 34.3. The van der Waals surface area contributed by atoms with Crippen LogP contribution in [0.25, 0.3) is 0 Å². The van der Waals surface area contributed by atoms with E-state index < -0.39 is 282 Å². The standard InChI is InChI=1S/C31H53N3O49S8/c1-69-27-9(33-85(48,49)50)13(37)17(6(74-27)3-71-88(57,58)59)76-31-22(83-91(66,67)68)16(40)21(24(81-31)26(43)44)79-29-10(34-86(51,52)53)19(82-90(63,64)65)18(7(75-29)4-72-89(60,61)62)77-30-15(39)14(38)20(23(80-30)25(41)42)78-28-8(32-84(45,46)47)12(36)11(35)5(73-28)2-70-87(54,55)56/h5-24,27-40H,2-4H2,1H3,(H,41,42)(H,43,44)(H,45,46,47)(H,48,49,50)(H,51,52,53)(H,54,55,56)(H,57,58,59)(H,60,61,62)(H,63,64,65)(H,66,67,68)/t5-,6-,7-,8-,9-,10-,11-,12-,13?,14?,15-,16+,17-,18-,19-,20+,21+,22-,23+,24-,27?,28?,29?,30-,31-/m1/s1/i35D,37D,38D,39D,40D/hD3. The van der Waals surface area contributed by atoms with Gasteiger partial charge in [-0.25, -0.2) is 30.5 Å². The highest BCUT2D eigenvalue weighted by molar-refractivity contribution is 7.84. The fraction of sp³-hybridized carbons (Fsp3) is 0.935.